The van der Waals surface area contributed by atoms with E-state index >= 15 is 0 Å². The SMILES string of the molecule is C=Cc1cc2c(cc1O)CC[C@@H]1[C@@H]2[C@@H](CCCCCN(C)CCCCCCCC(F)(F)C(F)(F)F)C[C@]2(C)[C@@H](O)CC[C@@H]12. The molecule has 2 fully saturated rings. The molecule has 0 radical (unpaired) electrons. The van der Waals surface area contributed by atoms with Gasteiger partial charge in [0.2, 0.25) is 0 Å². The van der Waals surface area contributed by atoms with Crippen LogP contribution < -0.4 is 0 Å². The molecule has 244 valence electrons. The minimum absolute atomic E-state index is 0.0130. The van der Waals surface area contributed by atoms with E-state index in [0.717, 1.165) is 89.3 Å². The lowest BCUT2D eigenvalue weighted by atomic mass is 9.51. The van der Waals surface area contributed by atoms with Gasteiger partial charge in [0.15, 0.2) is 0 Å². The summed E-state index contributed by atoms with van der Waals surface area (Å²) in [7, 11) is 2.09. The van der Waals surface area contributed by atoms with Gasteiger partial charge in [0.25, 0.3) is 0 Å². The Morgan fingerprint density at radius 1 is 0.953 bits per heavy atom. The molecule has 4 rings (SSSR count). The molecule has 0 amide bonds. The molecule has 2 saturated carbocycles. The number of alkyl halides is 5. The first-order valence-electron chi connectivity index (χ1n) is 16.6. The topological polar surface area (TPSA) is 43.7 Å². The van der Waals surface area contributed by atoms with Crippen molar-refractivity contribution in [3.8, 4) is 5.75 Å². The average Bonchev–Trinajstić information content (AvgIpc) is 3.24. The van der Waals surface area contributed by atoms with Gasteiger partial charge in [0.1, 0.15) is 5.75 Å². The highest BCUT2D eigenvalue weighted by Gasteiger charge is 2.58. The number of nitrogens with zero attached hydrogens (tertiary/aromatic N) is 1. The largest absolute Gasteiger partial charge is 0.507 e. The lowest BCUT2D eigenvalue weighted by Gasteiger charge is -2.54. The number of aryl methyl sites for hydroxylation is 1. The lowest BCUT2D eigenvalue weighted by molar-refractivity contribution is -0.284. The standard InChI is InChI=1S/C35H52F5NO2/c1-4-24-21-28-25(22-30(24)42)14-15-27-29-16-17-31(43)33(29,2)23-26(32(27)28)13-9-8-12-20-41(3)19-11-7-5-6-10-18-34(36,37)35(38,39)40/h4,21-22,26-27,29,31-32,42-43H,1,5-20,23H2,2-3H3/t26-,27-,29-,31-,32-,33-/m0/s1. The Bertz CT molecular complexity index is 1080. The van der Waals surface area contributed by atoms with E-state index in [9.17, 15) is 32.2 Å². The summed E-state index contributed by atoms with van der Waals surface area (Å²) >= 11 is 0. The number of halogens is 5. The van der Waals surface area contributed by atoms with E-state index in [1.165, 1.54) is 11.1 Å². The van der Waals surface area contributed by atoms with Crippen LogP contribution in [0.1, 0.15) is 119 Å². The third-order valence-corrected chi connectivity index (χ3v) is 11.2. The summed E-state index contributed by atoms with van der Waals surface area (Å²) < 4.78 is 62.8. The number of hydrogen-bond acceptors (Lipinski definition) is 3. The Morgan fingerprint density at radius 3 is 2.28 bits per heavy atom. The summed E-state index contributed by atoms with van der Waals surface area (Å²) in [5.41, 5.74) is 3.47. The molecule has 0 saturated heterocycles. The molecule has 0 spiro atoms. The third kappa shape index (κ3) is 7.77. The van der Waals surface area contributed by atoms with Crippen LogP contribution in [-0.4, -0.2) is 53.5 Å². The second kappa shape index (κ2) is 14.2. The van der Waals surface area contributed by atoms with Crippen LogP contribution in [0, 0.1) is 23.2 Å². The second-order valence-corrected chi connectivity index (χ2v) is 14.1. The molecule has 3 nitrogen and oxygen atoms in total. The molecular formula is C35H52F5NO2. The van der Waals surface area contributed by atoms with E-state index < -0.39 is 18.5 Å². The monoisotopic (exact) mass is 613 g/mol. The fourth-order valence-corrected chi connectivity index (χ4v) is 8.83. The first kappa shape index (κ1) is 34.2. The third-order valence-electron chi connectivity index (χ3n) is 11.2. The van der Waals surface area contributed by atoms with Crippen LogP contribution >= 0.6 is 0 Å². The minimum atomic E-state index is -5.45. The van der Waals surface area contributed by atoms with Gasteiger partial charge in [-0.1, -0.05) is 51.7 Å². The Labute approximate surface area is 254 Å². The van der Waals surface area contributed by atoms with Crippen molar-refractivity contribution in [2.45, 2.75) is 127 Å². The van der Waals surface area contributed by atoms with Crippen molar-refractivity contribution in [3.05, 3.63) is 35.4 Å². The Hall–Kier alpha value is -1.67. The maximum absolute atomic E-state index is 13.0. The van der Waals surface area contributed by atoms with Gasteiger partial charge in [0, 0.05) is 12.0 Å². The number of aliphatic hydroxyl groups is 1. The Morgan fingerprint density at radius 2 is 1.60 bits per heavy atom. The van der Waals surface area contributed by atoms with E-state index in [1.807, 2.05) is 6.07 Å². The smallest absolute Gasteiger partial charge is 0.453 e. The molecule has 0 aliphatic heterocycles. The molecule has 1 aromatic rings. The molecule has 3 aliphatic rings. The van der Waals surface area contributed by atoms with E-state index in [1.54, 1.807) is 6.08 Å². The molecule has 0 aromatic heterocycles. The molecule has 8 heteroatoms. The number of phenols is 1. The average molecular weight is 614 g/mol. The van der Waals surface area contributed by atoms with Gasteiger partial charge >= 0.3 is 12.1 Å². The Balaban J connectivity index is 1.21. The number of aromatic hydroxyl groups is 1. The summed E-state index contributed by atoms with van der Waals surface area (Å²) in [6, 6.07) is 4.14. The van der Waals surface area contributed by atoms with Crippen molar-refractivity contribution in [1.82, 2.24) is 4.90 Å². The fourth-order valence-electron chi connectivity index (χ4n) is 8.83. The maximum atomic E-state index is 13.0. The van der Waals surface area contributed by atoms with Crippen LogP contribution in [0.15, 0.2) is 18.7 Å². The van der Waals surface area contributed by atoms with Crippen LogP contribution in [0.4, 0.5) is 22.0 Å². The Kier molecular flexibility index (Phi) is 11.3. The van der Waals surface area contributed by atoms with Gasteiger partial charge in [-0.25, -0.2) is 0 Å². The highest BCUT2D eigenvalue weighted by Crippen LogP contribution is 2.63. The van der Waals surface area contributed by atoms with Gasteiger partial charge in [0.05, 0.1) is 6.10 Å². The predicted molar refractivity (Wildman–Crippen MR) is 162 cm³/mol. The first-order valence-corrected chi connectivity index (χ1v) is 16.6. The molecule has 0 heterocycles. The summed E-state index contributed by atoms with van der Waals surface area (Å²) in [5.74, 6) is -2.17. The van der Waals surface area contributed by atoms with Crippen molar-refractivity contribution in [1.29, 1.82) is 0 Å². The molecule has 1 aromatic carbocycles. The second-order valence-electron chi connectivity index (χ2n) is 14.1. The van der Waals surface area contributed by atoms with E-state index in [-0.39, 0.29) is 17.9 Å². The summed E-state index contributed by atoms with van der Waals surface area (Å²) in [6.07, 6.45) is 7.36. The number of aliphatic hydroxyl groups excluding tert-OH is 1. The van der Waals surface area contributed by atoms with E-state index in [4.69, 9.17) is 0 Å². The number of rotatable bonds is 15. The van der Waals surface area contributed by atoms with Gasteiger partial charge in [-0.3, -0.25) is 0 Å². The van der Waals surface area contributed by atoms with Gasteiger partial charge in [-0.15, -0.1) is 0 Å². The zero-order valence-electron chi connectivity index (χ0n) is 26.1. The number of unbranched alkanes of at least 4 members (excludes halogenated alkanes) is 6. The number of benzene rings is 1. The highest BCUT2D eigenvalue weighted by molar-refractivity contribution is 5.59. The van der Waals surface area contributed by atoms with Crippen LogP contribution in [0.3, 0.4) is 0 Å². The number of hydrogen-bond donors (Lipinski definition) is 2. The summed E-state index contributed by atoms with van der Waals surface area (Å²) in [5, 5.41) is 21.5. The highest BCUT2D eigenvalue weighted by atomic mass is 19.4. The van der Waals surface area contributed by atoms with Crippen molar-refractivity contribution in [2.75, 3.05) is 20.1 Å². The summed E-state index contributed by atoms with van der Waals surface area (Å²) in [4.78, 5) is 2.29. The molecule has 3 aliphatic carbocycles. The molecule has 43 heavy (non-hydrogen) atoms. The maximum Gasteiger partial charge on any atom is 0.453 e. The zero-order valence-corrected chi connectivity index (χ0v) is 26.1. The van der Waals surface area contributed by atoms with Crippen molar-refractivity contribution in [3.63, 3.8) is 0 Å². The van der Waals surface area contributed by atoms with Gasteiger partial charge in [-0.2, -0.15) is 22.0 Å². The lowest BCUT2D eigenvalue weighted by Crippen LogP contribution is -2.48. The van der Waals surface area contributed by atoms with Gasteiger partial charge in [-0.05, 0) is 130 Å². The number of fused-ring (bicyclic) bond motifs is 5. The van der Waals surface area contributed by atoms with Crippen molar-refractivity contribution in [2.24, 2.45) is 23.2 Å². The van der Waals surface area contributed by atoms with Crippen LogP contribution in [0.2, 0.25) is 0 Å². The summed E-state index contributed by atoms with van der Waals surface area (Å²) in [6.45, 7) is 8.13. The quantitative estimate of drug-likeness (QED) is 0.153. The number of phenolic OH excluding ortho intramolecular Hbond substituents is 1. The van der Waals surface area contributed by atoms with Crippen LogP contribution in [0.25, 0.3) is 6.08 Å². The minimum Gasteiger partial charge on any atom is -0.507 e. The predicted octanol–water partition coefficient (Wildman–Crippen LogP) is 9.51. The van der Waals surface area contributed by atoms with Crippen LogP contribution in [0.5, 0.6) is 5.75 Å². The van der Waals surface area contributed by atoms with Crippen molar-refractivity contribution < 1.29 is 32.2 Å². The molecule has 0 bridgehead atoms. The van der Waals surface area contributed by atoms with Crippen molar-refractivity contribution >= 4 is 6.08 Å². The van der Waals surface area contributed by atoms with E-state index in [2.05, 4.69) is 31.5 Å². The first-order chi connectivity index (χ1) is 20.3. The molecule has 2 N–H and O–H groups in total. The fraction of sp³-hybridized carbons (Fsp3) is 0.771. The normalized spacial score (nSPS) is 28.9. The zero-order chi connectivity index (χ0) is 31.4. The van der Waals surface area contributed by atoms with Gasteiger partial charge < -0.3 is 15.1 Å². The van der Waals surface area contributed by atoms with E-state index in [0.29, 0.717) is 42.3 Å². The van der Waals surface area contributed by atoms with Crippen LogP contribution in [-0.2, 0) is 6.42 Å². The molecule has 6 atom stereocenters. The molecular weight excluding hydrogens is 561 g/mol. The molecule has 0 unspecified atom stereocenters.